The number of carbonyl (C=O) groups excluding carboxylic acids is 1. The van der Waals surface area contributed by atoms with E-state index in [1.807, 2.05) is 25.1 Å². The number of pyridine rings is 1. The Morgan fingerprint density at radius 1 is 0.976 bits per heavy atom. The van der Waals surface area contributed by atoms with Crippen molar-refractivity contribution in [3.8, 4) is 5.75 Å². The summed E-state index contributed by atoms with van der Waals surface area (Å²) in [6, 6.07) is 15.3. The normalized spacial score (nSPS) is 14.0. The minimum absolute atomic E-state index is 0.224. The van der Waals surface area contributed by atoms with Gasteiger partial charge >= 0.3 is 0 Å². The van der Waals surface area contributed by atoms with E-state index in [0.717, 1.165) is 55.5 Å². The highest BCUT2D eigenvalue weighted by molar-refractivity contribution is 5.91. The van der Waals surface area contributed by atoms with Crippen molar-refractivity contribution in [3.05, 3.63) is 74.9 Å². The fourth-order valence-electron chi connectivity index (χ4n) is 5.87. The van der Waals surface area contributed by atoms with Crippen molar-refractivity contribution in [2.75, 3.05) is 39.3 Å². The lowest BCUT2D eigenvalue weighted by Crippen LogP contribution is -2.45. The van der Waals surface area contributed by atoms with E-state index < -0.39 is 0 Å². The standard InChI is InChI=1S/C33H45N5O4/c1-2-42-28-11-7-8-25(24-28)16-19-34-21-18-32(40)38(27-9-5-3-4-6-10-27)23-22-35-20-17-26-12-14-30(37-41)33-29(26)13-15-31(39)36-33/h7-8,11-15,24,27,34-35H,2-6,9-10,16-23H2,1H3,(H,36,39). The molecule has 0 saturated heterocycles. The van der Waals surface area contributed by atoms with Crippen LogP contribution in [0.25, 0.3) is 10.9 Å². The van der Waals surface area contributed by atoms with E-state index in [4.69, 9.17) is 4.74 Å². The zero-order valence-corrected chi connectivity index (χ0v) is 24.8. The van der Waals surface area contributed by atoms with Crippen LogP contribution in [0.15, 0.2) is 58.5 Å². The molecule has 1 amide bonds. The molecule has 3 N–H and O–H groups in total. The number of carbonyl (C=O) groups is 1. The number of hydrogen-bond acceptors (Lipinski definition) is 7. The number of fused-ring (bicyclic) bond motifs is 1. The second-order valence-corrected chi connectivity index (χ2v) is 11.0. The summed E-state index contributed by atoms with van der Waals surface area (Å²) in [5, 5.41) is 10.8. The first-order valence-corrected chi connectivity index (χ1v) is 15.5. The van der Waals surface area contributed by atoms with Crippen LogP contribution in [0.2, 0.25) is 0 Å². The minimum atomic E-state index is -0.256. The maximum absolute atomic E-state index is 13.4. The number of ether oxygens (including phenoxy) is 1. The van der Waals surface area contributed by atoms with Crippen LogP contribution in [-0.4, -0.2) is 61.2 Å². The van der Waals surface area contributed by atoms with E-state index in [2.05, 4.69) is 37.8 Å². The summed E-state index contributed by atoms with van der Waals surface area (Å²) in [5.74, 6) is 1.12. The maximum atomic E-state index is 13.4. The lowest BCUT2D eigenvalue weighted by atomic mass is 10.0. The van der Waals surface area contributed by atoms with Crippen molar-refractivity contribution in [3.63, 3.8) is 0 Å². The van der Waals surface area contributed by atoms with Crippen LogP contribution in [-0.2, 0) is 17.6 Å². The van der Waals surface area contributed by atoms with Gasteiger partial charge in [0.05, 0.1) is 12.1 Å². The van der Waals surface area contributed by atoms with Crippen molar-refractivity contribution in [2.45, 2.75) is 70.8 Å². The highest BCUT2D eigenvalue weighted by atomic mass is 16.5. The summed E-state index contributed by atoms with van der Waals surface area (Å²) in [4.78, 5) is 41.2. The van der Waals surface area contributed by atoms with E-state index in [-0.39, 0.29) is 17.2 Å². The molecule has 0 bridgehead atoms. The second-order valence-electron chi connectivity index (χ2n) is 11.0. The summed E-state index contributed by atoms with van der Waals surface area (Å²) in [5.41, 5.74) is 2.72. The number of nitrogens with one attached hydrogen (secondary N) is 3. The molecule has 0 radical (unpaired) electrons. The van der Waals surface area contributed by atoms with Gasteiger partial charge in [0.2, 0.25) is 11.5 Å². The Kier molecular flexibility index (Phi) is 12.5. The van der Waals surface area contributed by atoms with E-state index >= 15 is 0 Å². The summed E-state index contributed by atoms with van der Waals surface area (Å²) in [6.45, 7) is 6.26. The topological polar surface area (TPSA) is 116 Å². The molecule has 2 aromatic carbocycles. The number of hydrogen-bond donors (Lipinski definition) is 3. The first kappa shape index (κ1) is 31.4. The first-order valence-electron chi connectivity index (χ1n) is 15.5. The van der Waals surface area contributed by atoms with Crippen LogP contribution in [0.3, 0.4) is 0 Å². The molecule has 1 aliphatic carbocycles. The molecular weight excluding hydrogens is 530 g/mol. The second kappa shape index (κ2) is 16.8. The molecule has 1 saturated carbocycles. The van der Waals surface area contributed by atoms with Gasteiger partial charge in [-0.3, -0.25) is 9.59 Å². The van der Waals surface area contributed by atoms with Gasteiger partial charge in [-0.2, -0.15) is 0 Å². The molecular formula is C33H45N5O4. The monoisotopic (exact) mass is 575 g/mol. The Labute approximate surface area is 248 Å². The van der Waals surface area contributed by atoms with Crippen molar-refractivity contribution in [2.24, 2.45) is 5.18 Å². The number of aromatic nitrogens is 1. The predicted octanol–water partition coefficient (Wildman–Crippen LogP) is 5.23. The molecule has 226 valence electrons. The Hall–Kier alpha value is -3.56. The number of aromatic amines is 1. The summed E-state index contributed by atoms with van der Waals surface area (Å²) < 4.78 is 5.60. The average molecular weight is 576 g/mol. The molecule has 0 aliphatic heterocycles. The van der Waals surface area contributed by atoms with Gasteiger partial charge in [-0.25, -0.2) is 0 Å². The van der Waals surface area contributed by atoms with Gasteiger partial charge in [0.1, 0.15) is 11.4 Å². The van der Waals surface area contributed by atoms with Gasteiger partial charge in [0.25, 0.3) is 0 Å². The van der Waals surface area contributed by atoms with Gasteiger partial charge in [-0.05, 0) is 86.3 Å². The summed E-state index contributed by atoms with van der Waals surface area (Å²) in [7, 11) is 0. The fourth-order valence-corrected chi connectivity index (χ4v) is 5.87. The van der Waals surface area contributed by atoms with Crippen molar-refractivity contribution < 1.29 is 9.53 Å². The van der Waals surface area contributed by atoms with Crippen molar-refractivity contribution in [1.29, 1.82) is 0 Å². The average Bonchev–Trinajstić information content (AvgIpc) is 3.28. The minimum Gasteiger partial charge on any atom is -0.494 e. The van der Waals surface area contributed by atoms with Crippen molar-refractivity contribution >= 4 is 22.5 Å². The zero-order chi connectivity index (χ0) is 29.6. The quantitative estimate of drug-likeness (QED) is 0.122. The van der Waals surface area contributed by atoms with Gasteiger partial charge in [0, 0.05) is 43.5 Å². The fraction of sp³-hybridized carbons (Fsp3) is 0.515. The molecule has 42 heavy (non-hydrogen) atoms. The summed E-state index contributed by atoms with van der Waals surface area (Å²) in [6.07, 6.45) is 9.15. The Morgan fingerprint density at radius 3 is 2.55 bits per heavy atom. The largest absolute Gasteiger partial charge is 0.494 e. The molecule has 1 aliphatic rings. The van der Waals surface area contributed by atoms with Gasteiger partial charge in [-0.15, -0.1) is 4.91 Å². The van der Waals surface area contributed by atoms with Crippen LogP contribution in [0, 0.1) is 4.91 Å². The SMILES string of the molecule is CCOc1cccc(CCNCCC(=O)N(CCNCCc2ccc(N=O)c3[nH]c(=O)ccc23)C2CCCCCC2)c1. The molecule has 0 unspecified atom stereocenters. The Morgan fingerprint density at radius 2 is 1.76 bits per heavy atom. The van der Waals surface area contributed by atoms with Crippen molar-refractivity contribution in [1.82, 2.24) is 20.5 Å². The third kappa shape index (κ3) is 9.22. The van der Waals surface area contributed by atoms with Crippen LogP contribution in [0.5, 0.6) is 5.75 Å². The lowest BCUT2D eigenvalue weighted by Gasteiger charge is -2.32. The lowest BCUT2D eigenvalue weighted by molar-refractivity contribution is -0.133. The molecule has 4 rings (SSSR count). The third-order valence-corrected chi connectivity index (χ3v) is 8.06. The molecule has 9 nitrogen and oxygen atoms in total. The van der Waals surface area contributed by atoms with Crippen LogP contribution < -0.4 is 20.9 Å². The van der Waals surface area contributed by atoms with E-state index in [1.165, 1.54) is 37.3 Å². The smallest absolute Gasteiger partial charge is 0.248 e. The first-order chi connectivity index (χ1) is 20.6. The van der Waals surface area contributed by atoms with Crippen LogP contribution >= 0.6 is 0 Å². The number of nitrogens with zero attached hydrogens (tertiary/aromatic N) is 2. The van der Waals surface area contributed by atoms with Gasteiger partial charge in [-0.1, -0.05) is 43.9 Å². The zero-order valence-electron chi connectivity index (χ0n) is 24.8. The van der Waals surface area contributed by atoms with E-state index in [1.54, 1.807) is 12.1 Å². The van der Waals surface area contributed by atoms with Crippen LogP contribution in [0.1, 0.15) is 63.0 Å². The Balaban J connectivity index is 1.25. The molecule has 1 heterocycles. The third-order valence-electron chi connectivity index (χ3n) is 8.06. The van der Waals surface area contributed by atoms with Gasteiger partial charge in [0.15, 0.2) is 0 Å². The maximum Gasteiger partial charge on any atom is 0.248 e. The van der Waals surface area contributed by atoms with Crippen LogP contribution in [0.4, 0.5) is 5.69 Å². The number of nitroso groups, excluding NO2 is 1. The van der Waals surface area contributed by atoms with Gasteiger partial charge < -0.3 is 25.3 Å². The Bertz CT molecular complexity index is 1350. The number of rotatable bonds is 16. The molecule has 3 aromatic rings. The summed E-state index contributed by atoms with van der Waals surface area (Å²) >= 11 is 0. The molecule has 1 fully saturated rings. The highest BCUT2D eigenvalue weighted by Crippen LogP contribution is 2.26. The van der Waals surface area contributed by atoms with E-state index in [9.17, 15) is 14.5 Å². The molecule has 0 spiro atoms. The van der Waals surface area contributed by atoms with E-state index in [0.29, 0.717) is 44.2 Å². The number of benzene rings is 2. The predicted molar refractivity (Wildman–Crippen MR) is 169 cm³/mol. The number of amides is 1. The molecule has 1 aromatic heterocycles. The molecule has 9 heteroatoms. The number of H-pyrrole nitrogens is 1. The highest BCUT2D eigenvalue weighted by Gasteiger charge is 2.24. The molecule has 0 atom stereocenters.